The van der Waals surface area contributed by atoms with Gasteiger partial charge in [0.2, 0.25) is 0 Å². The van der Waals surface area contributed by atoms with Gasteiger partial charge in [-0.2, -0.15) is 4.98 Å². The third-order valence-electron chi connectivity index (χ3n) is 2.59. The van der Waals surface area contributed by atoms with Crippen LogP contribution in [0.3, 0.4) is 0 Å². The fourth-order valence-corrected chi connectivity index (χ4v) is 1.54. The normalized spacial score (nSPS) is 11.7. The van der Waals surface area contributed by atoms with Crippen LogP contribution in [0.4, 0.5) is 5.82 Å². The molecule has 0 fully saturated rings. The van der Waals surface area contributed by atoms with Gasteiger partial charge in [0.15, 0.2) is 5.82 Å². The third kappa shape index (κ3) is 3.29. The molecule has 2 rings (SSSR count). The molecule has 2 heterocycles. The van der Waals surface area contributed by atoms with E-state index >= 15 is 0 Å². The molecule has 2 aromatic rings. The summed E-state index contributed by atoms with van der Waals surface area (Å²) in [5.41, 5.74) is 6.69. The van der Waals surface area contributed by atoms with Gasteiger partial charge >= 0.3 is 0 Å². The van der Waals surface area contributed by atoms with Crippen molar-refractivity contribution in [1.29, 1.82) is 0 Å². The van der Waals surface area contributed by atoms with Gasteiger partial charge in [-0.15, -0.1) is 0 Å². The first kappa shape index (κ1) is 12.5. The van der Waals surface area contributed by atoms with Gasteiger partial charge in [-0.1, -0.05) is 25.9 Å². The first-order valence-corrected chi connectivity index (χ1v) is 5.98. The fourth-order valence-electron chi connectivity index (χ4n) is 1.54. The van der Waals surface area contributed by atoms with Gasteiger partial charge in [-0.3, -0.25) is 0 Å². The van der Waals surface area contributed by atoms with Gasteiger partial charge in [-0.05, 0) is 24.0 Å². The molecule has 0 saturated carbocycles. The van der Waals surface area contributed by atoms with Crippen LogP contribution in [0.5, 0.6) is 0 Å². The lowest BCUT2D eigenvalue weighted by atomic mass is 9.90. The highest BCUT2D eigenvalue weighted by Crippen LogP contribution is 2.22. The zero-order valence-corrected chi connectivity index (χ0v) is 11.0. The van der Waals surface area contributed by atoms with Crippen molar-refractivity contribution in [3.05, 3.63) is 24.2 Å². The van der Waals surface area contributed by atoms with Crippen LogP contribution in [0.1, 0.15) is 33.0 Å². The number of hydrogen-bond donors (Lipinski definition) is 1. The summed E-state index contributed by atoms with van der Waals surface area (Å²) >= 11 is 0. The maximum atomic E-state index is 5.62. The van der Waals surface area contributed by atoms with Gasteiger partial charge in [0.25, 0.3) is 5.89 Å². The van der Waals surface area contributed by atoms with Crippen LogP contribution in [0.2, 0.25) is 0 Å². The Labute approximate surface area is 106 Å². The number of pyridine rings is 1. The highest BCUT2D eigenvalue weighted by Gasteiger charge is 2.14. The van der Waals surface area contributed by atoms with Gasteiger partial charge in [0, 0.05) is 18.2 Å². The molecular formula is C13H18N4O. The quantitative estimate of drug-likeness (QED) is 0.900. The van der Waals surface area contributed by atoms with Gasteiger partial charge in [0.1, 0.15) is 5.82 Å². The Morgan fingerprint density at radius 3 is 2.78 bits per heavy atom. The Balaban J connectivity index is 2.11. The number of hydrogen-bond acceptors (Lipinski definition) is 5. The molecule has 5 nitrogen and oxygen atoms in total. The largest absolute Gasteiger partial charge is 0.384 e. The van der Waals surface area contributed by atoms with Gasteiger partial charge in [0.05, 0.1) is 0 Å². The van der Waals surface area contributed by atoms with Crippen LogP contribution in [-0.2, 0) is 6.42 Å². The van der Waals surface area contributed by atoms with E-state index in [4.69, 9.17) is 10.3 Å². The summed E-state index contributed by atoms with van der Waals surface area (Å²) in [6, 6.07) is 3.53. The molecule has 0 aliphatic heterocycles. The average molecular weight is 246 g/mol. The minimum absolute atomic E-state index is 0.266. The summed E-state index contributed by atoms with van der Waals surface area (Å²) in [7, 11) is 0. The topological polar surface area (TPSA) is 77.8 Å². The van der Waals surface area contributed by atoms with E-state index in [1.54, 1.807) is 18.3 Å². The molecule has 2 N–H and O–H groups in total. The van der Waals surface area contributed by atoms with Gasteiger partial charge in [-0.25, -0.2) is 4.98 Å². The summed E-state index contributed by atoms with van der Waals surface area (Å²) in [5, 5.41) is 3.98. The van der Waals surface area contributed by atoms with E-state index in [1.165, 1.54) is 0 Å². The van der Waals surface area contributed by atoms with E-state index in [1.807, 2.05) is 0 Å². The summed E-state index contributed by atoms with van der Waals surface area (Å²) in [5.74, 6) is 1.67. The van der Waals surface area contributed by atoms with Gasteiger partial charge < -0.3 is 10.3 Å². The second-order valence-corrected chi connectivity index (χ2v) is 5.55. The first-order chi connectivity index (χ1) is 8.44. The SMILES string of the molecule is CC(C)(C)CCc1noc(-c2ccnc(N)c2)n1. The molecule has 0 atom stereocenters. The maximum absolute atomic E-state index is 5.62. The minimum Gasteiger partial charge on any atom is -0.384 e. The standard InChI is InChI=1S/C13H18N4O/c1-13(2,3)6-4-11-16-12(18-17-11)9-5-7-15-10(14)8-9/h5,7-8H,4,6H2,1-3H3,(H2,14,15). The molecule has 0 amide bonds. The second-order valence-electron chi connectivity index (χ2n) is 5.55. The number of anilines is 1. The van der Waals surface area contributed by atoms with Crippen molar-refractivity contribution in [3.63, 3.8) is 0 Å². The predicted molar refractivity (Wildman–Crippen MR) is 69.7 cm³/mol. The molecule has 96 valence electrons. The van der Waals surface area contributed by atoms with Crippen molar-refractivity contribution < 1.29 is 4.52 Å². The molecule has 0 aromatic carbocycles. The summed E-state index contributed by atoms with van der Waals surface area (Å²) in [6.45, 7) is 6.58. The van der Waals surface area contributed by atoms with Crippen molar-refractivity contribution in [2.75, 3.05) is 5.73 Å². The third-order valence-corrected chi connectivity index (χ3v) is 2.59. The highest BCUT2D eigenvalue weighted by atomic mass is 16.5. The first-order valence-electron chi connectivity index (χ1n) is 5.98. The smallest absolute Gasteiger partial charge is 0.258 e. The highest BCUT2D eigenvalue weighted by molar-refractivity contribution is 5.56. The van der Waals surface area contributed by atoms with E-state index in [-0.39, 0.29) is 5.41 Å². The van der Waals surface area contributed by atoms with Crippen LogP contribution in [-0.4, -0.2) is 15.1 Å². The van der Waals surface area contributed by atoms with Crippen LogP contribution < -0.4 is 5.73 Å². The Hall–Kier alpha value is -1.91. The lowest BCUT2D eigenvalue weighted by Gasteiger charge is -2.15. The number of nitrogen functional groups attached to an aromatic ring is 1. The number of aromatic nitrogens is 3. The minimum atomic E-state index is 0.266. The molecule has 5 heteroatoms. The Kier molecular flexibility index (Phi) is 3.32. The number of aryl methyl sites for hydroxylation is 1. The van der Waals surface area contributed by atoms with Crippen molar-refractivity contribution in [2.45, 2.75) is 33.6 Å². The summed E-state index contributed by atoms with van der Waals surface area (Å²) < 4.78 is 5.23. The van der Waals surface area contributed by atoms with Crippen molar-refractivity contribution in [2.24, 2.45) is 5.41 Å². The van der Waals surface area contributed by atoms with E-state index in [9.17, 15) is 0 Å². The predicted octanol–water partition coefficient (Wildman–Crippen LogP) is 2.69. The lowest BCUT2D eigenvalue weighted by molar-refractivity contribution is 0.366. The van der Waals surface area contributed by atoms with Crippen molar-refractivity contribution in [1.82, 2.24) is 15.1 Å². The number of rotatable bonds is 3. The van der Waals surface area contributed by atoms with E-state index in [0.717, 1.165) is 24.2 Å². The molecule has 2 aromatic heterocycles. The van der Waals surface area contributed by atoms with Crippen molar-refractivity contribution >= 4 is 5.82 Å². The zero-order chi connectivity index (χ0) is 13.2. The molecule has 0 unspecified atom stereocenters. The summed E-state index contributed by atoms with van der Waals surface area (Å²) in [6.07, 6.45) is 3.46. The zero-order valence-electron chi connectivity index (χ0n) is 11.0. The molecule has 0 spiro atoms. The van der Waals surface area contributed by atoms with E-state index in [0.29, 0.717) is 11.7 Å². The molecule has 0 radical (unpaired) electrons. The Morgan fingerprint density at radius 2 is 2.11 bits per heavy atom. The maximum Gasteiger partial charge on any atom is 0.258 e. The molecular weight excluding hydrogens is 228 g/mol. The molecule has 0 aliphatic carbocycles. The van der Waals surface area contributed by atoms with Crippen LogP contribution in [0.25, 0.3) is 11.5 Å². The number of nitrogens with two attached hydrogens (primary N) is 1. The monoisotopic (exact) mass is 246 g/mol. The fraction of sp³-hybridized carbons (Fsp3) is 0.462. The van der Waals surface area contributed by atoms with Crippen LogP contribution in [0.15, 0.2) is 22.9 Å². The second kappa shape index (κ2) is 4.76. The van der Waals surface area contributed by atoms with Crippen LogP contribution in [0, 0.1) is 5.41 Å². The Morgan fingerprint density at radius 1 is 1.33 bits per heavy atom. The van der Waals surface area contributed by atoms with Crippen LogP contribution >= 0.6 is 0 Å². The van der Waals surface area contributed by atoms with E-state index < -0.39 is 0 Å². The molecule has 18 heavy (non-hydrogen) atoms. The average Bonchev–Trinajstić information content (AvgIpc) is 2.74. The molecule has 0 saturated heterocycles. The van der Waals surface area contributed by atoms with Crippen molar-refractivity contribution in [3.8, 4) is 11.5 Å². The Bertz CT molecular complexity index is 528. The summed E-state index contributed by atoms with van der Waals surface area (Å²) in [4.78, 5) is 8.29. The number of nitrogens with zero attached hydrogens (tertiary/aromatic N) is 3. The van der Waals surface area contributed by atoms with E-state index in [2.05, 4.69) is 35.9 Å². The molecule has 0 aliphatic rings. The lowest BCUT2D eigenvalue weighted by Crippen LogP contribution is -2.06. The molecule has 0 bridgehead atoms.